The second-order valence-electron chi connectivity index (χ2n) is 4.81. The molecular weight excluding hydrogens is 228 g/mol. The van der Waals surface area contributed by atoms with Crippen LogP contribution in [0.25, 0.3) is 0 Å². The molecule has 1 heterocycles. The zero-order valence-corrected chi connectivity index (χ0v) is 10.6. The van der Waals surface area contributed by atoms with Crippen molar-refractivity contribution < 1.29 is 9.52 Å². The van der Waals surface area contributed by atoms with Crippen LogP contribution in [0.2, 0.25) is 0 Å². The Kier molecular flexibility index (Phi) is 3.70. The van der Waals surface area contributed by atoms with E-state index in [1.54, 1.807) is 0 Å². The van der Waals surface area contributed by atoms with Crippen molar-refractivity contribution in [3.8, 4) is 5.75 Å². The quantitative estimate of drug-likeness (QED) is 0.887. The average molecular weight is 246 g/mol. The molecule has 96 valence electrons. The number of aryl methyl sites for hydroxylation is 1. The minimum Gasteiger partial charge on any atom is -0.508 e. The van der Waals surface area contributed by atoms with Gasteiger partial charge in [-0.1, -0.05) is 31.2 Å². The van der Waals surface area contributed by atoms with Gasteiger partial charge in [0.25, 0.3) is 0 Å². The van der Waals surface area contributed by atoms with Gasteiger partial charge in [-0.05, 0) is 24.7 Å². The fourth-order valence-electron chi connectivity index (χ4n) is 2.34. The van der Waals surface area contributed by atoms with Crippen LogP contribution >= 0.6 is 0 Å². The average Bonchev–Trinajstić information content (AvgIpc) is 2.36. The molecule has 0 amide bonds. The summed E-state index contributed by atoms with van der Waals surface area (Å²) in [7, 11) is 0. The number of aromatic hydroxyl groups is 1. The highest BCUT2D eigenvalue weighted by Gasteiger charge is 2.25. The molecule has 1 N–H and O–H groups in total. The van der Waals surface area contributed by atoms with Crippen molar-refractivity contribution >= 4 is 0 Å². The highest BCUT2D eigenvalue weighted by Crippen LogP contribution is 2.36. The molecule has 0 saturated heterocycles. The smallest absolute Gasteiger partial charge is 0.339 e. The molecule has 3 heteroatoms. The zero-order valence-electron chi connectivity index (χ0n) is 10.6. The van der Waals surface area contributed by atoms with Crippen molar-refractivity contribution in [2.75, 3.05) is 0 Å². The molecule has 2 rings (SSSR count). The van der Waals surface area contributed by atoms with Crippen LogP contribution < -0.4 is 5.63 Å². The summed E-state index contributed by atoms with van der Waals surface area (Å²) in [6, 6.07) is 2.61. The molecule has 1 aromatic rings. The Bertz CT molecular complexity index is 525. The summed E-state index contributed by atoms with van der Waals surface area (Å²) in [5.41, 5.74) is -0.340. The predicted octanol–water partition coefficient (Wildman–Crippen LogP) is 3.19. The minimum atomic E-state index is -0.491. The van der Waals surface area contributed by atoms with Crippen LogP contribution in [-0.2, 0) is 6.42 Å². The summed E-state index contributed by atoms with van der Waals surface area (Å²) >= 11 is 0. The zero-order chi connectivity index (χ0) is 13.0. The van der Waals surface area contributed by atoms with E-state index in [1.165, 1.54) is 6.07 Å². The van der Waals surface area contributed by atoms with Crippen LogP contribution in [0, 0.1) is 5.41 Å². The lowest BCUT2D eigenvalue weighted by Gasteiger charge is -2.29. The van der Waals surface area contributed by atoms with E-state index in [2.05, 4.69) is 31.2 Å². The number of allylic oxidation sites excluding steroid dienone is 4. The van der Waals surface area contributed by atoms with E-state index in [4.69, 9.17) is 4.42 Å². The first-order valence-electron chi connectivity index (χ1n) is 6.31. The third kappa shape index (κ3) is 2.92. The third-order valence-corrected chi connectivity index (χ3v) is 3.60. The lowest BCUT2D eigenvalue weighted by Crippen LogP contribution is -2.18. The van der Waals surface area contributed by atoms with Crippen molar-refractivity contribution in [2.45, 2.75) is 32.6 Å². The highest BCUT2D eigenvalue weighted by molar-refractivity contribution is 5.20. The maximum Gasteiger partial charge on any atom is 0.339 e. The highest BCUT2D eigenvalue weighted by atomic mass is 16.4. The standard InChI is InChI=1S/C15H18O3/c1-2-15(7-4-3-5-8-15)9-6-13-10-12(16)11-14(17)18-13/h3-5,7,10-11,16H,2,6,8-9H2,1H3/t15-/m0/s1. The molecule has 0 aromatic carbocycles. The van der Waals surface area contributed by atoms with Crippen molar-refractivity contribution in [2.24, 2.45) is 5.41 Å². The molecule has 3 nitrogen and oxygen atoms in total. The van der Waals surface area contributed by atoms with Crippen molar-refractivity contribution in [1.82, 2.24) is 0 Å². The van der Waals surface area contributed by atoms with Gasteiger partial charge in [-0.3, -0.25) is 0 Å². The number of hydrogen-bond donors (Lipinski definition) is 1. The molecule has 0 unspecified atom stereocenters. The molecule has 0 fully saturated rings. The Morgan fingerprint density at radius 1 is 1.39 bits per heavy atom. The van der Waals surface area contributed by atoms with E-state index in [-0.39, 0.29) is 11.2 Å². The fourth-order valence-corrected chi connectivity index (χ4v) is 2.34. The molecular formula is C15H18O3. The van der Waals surface area contributed by atoms with Crippen LogP contribution in [0.5, 0.6) is 5.75 Å². The molecule has 1 aromatic heterocycles. The molecule has 1 atom stereocenters. The largest absolute Gasteiger partial charge is 0.508 e. The van der Waals surface area contributed by atoms with E-state index in [0.717, 1.165) is 25.3 Å². The Labute approximate surface area is 106 Å². The Balaban J connectivity index is 2.08. The first kappa shape index (κ1) is 12.7. The fraction of sp³-hybridized carbons (Fsp3) is 0.400. The Hall–Kier alpha value is -1.77. The van der Waals surface area contributed by atoms with Crippen LogP contribution in [0.15, 0.2) is 45.6 Å². The van der Waals surface area contributed by atoms with Gasteiger partial charge in [-0.25, -0.2) is 4.79 Å². The topological polar surface area (TPSA) is 50.4 Å². The van der Waals surface area contributed by atoms with Gasteiger partial charge in [0.2, 0.25) is 0 Å². The van der Waals surface area contributed by atoms with Crippen molar-refractivity contribution in [3.63, 3.8) is 0 Å². The monoisotopic (exact) mass is 246 g/mol. The first-order valence-corrected chi connectivity index (χ1v) is 6.31. The first-order chi connectivity index (χ1) is 8.63. The molecule has 0 radical (unpaired) electrons. The number of rotatable bonds is 4. The summed E-state index contributed by atoms with van der Waals surface area (Å²) in [5, 5.41) is 9.37. The number of hydrogen-bond acceptors (Lipinski definition) is 3. The molecule has 0 spiro atoms. The summed E-state index contributed by atoms with van der Waals surface area (Å²) in [6.45, 7) is 2.17. The Morgan fingerprint density at radius 3 is 2.83 bits per heavy atom. The summed E-state index contributed by atoms with van der Waals surface area (Å²) < 4.78 is 5.08. The maximum atomic E-state index is 11.2. The van der Waals surface area contributed by atoms with Gasteiger partial charge in [0.15, 0.2) is 0 Å². The van der Waals surface area contributed by atoms with Gasteiger partial charge in [0, 0.05) is 12.5 Å². The molecule has 1 aliphatic rings. The van der Waals surface area contributed by atoms with Crippen LogP contribution in [0.3, 0.4) is 0 Å². The lowest BCUT2D eigenvalue weighted by atomic mass is 9.75. The molecule has 0 saturated carbocycles. The van der Waals surface area contributed by atoms with Crippen LogP contribution in [0.1, 0.15) is 31.9 Å². The minimum absolute atomic E-state index is 0.0223. The predicted molar refractivity (Wildman–Crippen MR) is 70.6 cm³/mol. The SMILES string of the molecule is CC[C@]1(CCc2cc(O)cc(=O)o2)C=CC=CC1. The van der Waals surface area contributed by atoms with E-state index >= 15 is 0 Å². The second-order valence-corrected chi connectivity index (χ2v) is 4.81. The Morgan fingerprint density at radius 2 is 2.22 bits per heavy atom. The van der Waals surface area contributed by atoms with E-state index in [0.29, 0.717) is 12.2 Å². The summed E-state index contributed by atoms with van der Waals surface area (Å²) in [4.78, 5) is 11.2. The van der Waals surface area contributed by atoms with Gasteiger partial charge in [0.1, 0.15) is 11.5 Å². The molecule has 18 heavy (non-hydrogen) atoms. The summed E-state index contributed by atoms with van der Waals surface area (Å²) in [6.07, 6.45) is 12.2. The molecule has 1 aliphatic carbocycles. The van der Waals surface area contributed by atoms with Crippen molar-refractivity contribution in [3.05, 3.63) is 52.6 Å². The van der Waals surface area contributed by atoms with Crippen LogP contribution in [0.4, 0.5) is 0 Å². The van der Waals surface area contributed by atoms with E-state index in [1.807, 2.05) is 0 Å². The van der Waals surface area contributed by atoms with Crippen LogP contribution in [-0.4, -0.2) is 5.11 Å². The summed E-state index contributed by atoms with van der Waals surface area (Å²) in [5.74, 6) is 0.529. The van der Waals surface area contributed by atoms with Gasteiger partial charge >= 0.3 is 5.63 Å². The molecule has 0 bridgehead atoms. The van der Waals surface area contributed by atoms with E-state index in [9.17, 15) is 9.90 Å². The van der Waals surface area contributed by atoms with Gasteiger partial charge in [0.05, 0.1) is 6.07 Å². The lowest BCUT2D eigenvalue weighted by molar-refractivity contribution is 0.319. The second kappa shape index (κ2) is 5.25. The van der Waals surface area contributed by atoms with Crippen molar-refractivity contribution in [1.29, 1.82) is 0 Å². The van der Waals surface area contributed by atoms with Gasteiger partial charge in [-0.2, -0.15) is 0 Å². The van der Waals surface area contributed by atoms with Gasteiger partial charge in [-0.15, -0.1) is 0 Å². The molecule has 0 aliphatic heterocycles. The normalized spacial score (nSPS) is 22.3. The third-order valence-electron chi connectivity index (χ3n) is 3.60. The van der Waals surface area contributed by atoms with E-state index < -0.39 is 5.63 Å². The maximum absolute atomic E-state index is 11.2. The van der Waals surface area contributed by atoms with Gasteiger partial charge < -0.3 is 9.52 Å².